The first-order valence-corrected chi connectivity index (χ1v) is 7.73. The number of esters is 1. The van der Waals surface area contributed by atoms with E-state index < -0.39 is 0 Å². The highest BCUT2D eigenvalue weighted by Gasteiger charge is 2.36. The van der Waals surface area contributed by atoms with Crippen molar-refractivity contribution in [1.29, 1.82) is 0 Å². The van der Waals surface area contributed by atoms with Gasteiger partial charge in [0.1, 0.15) is 5.69 Å². The highest BCUT2D eigenvalue weighted by Crippen LogP contribution is 2.39. The van der Waals surface area contributed by atoms with Gasteiger partial charge in [0.05, 0.1) is 19.0 Å². The van der Waals surface area contributed by atoms with Crippen molar-refractivity contribution in [3.8, 4) is 0 Å². The van der Waals surface area contributed by atoms with Gasteiger partial charge in [-0.25, -0.2) is 9.78 Å². The minimum absolute atomic E-state index is 0.370. The number of nitrogens with one attached hydrogen (secondary N) is 1. The molecule has 1 N–H and O–H groups in total. The lowest BCUT2D eigenvalue weighted by Gasteiger charge is -2.46. The molecular weight excluding hydrogens is 266 g/mol. The van der Waals surface area contributed by atoms with Crippen LogP contribution in [0.5, 0.6) is 0 Å². The molecule has 2 aliphatic rings. The molecule has 0 atom stereocenters. The topological polar surface area (TPSA) is 54.5 Å². The van der Waals surface area contributed by atoms with E-state index in [4.69, 9.17) is 0 Å². The number of hydrogen-bond acceptors (Lipinski definition) is 5. The minimum atomic E-state index is -0.380. The van der Waals surface area contributed by atoms with Crippen LogP contribution >= 0.6 is 0 Å². The van der Waals surface area contributed by atoms with Gasteiger partial charge in [-0.1, -0.05) is 0 Å². The van der Waals surface area contributed by atoms with E-state index in [9.17, 15) is 4.79 Å². The van der Waals surface area contributed by atoms with Crippen molar-refractivity contribution in [3.63, 3.8) is 0 Å². The van der Waals surface area contributed by atoms with Crippen LogP contribution in [0.4, 0.5) is 5.69 Å². The van der Waals surface area contributed by atoms with E-state index in [0.717, 1.165) is 31.9 Å². The van der Waals surface area contributed by atoms with E-state index >= 15 is 0 Å². The number of anilines is 1. The van der Waals surface area contributed by atoms with Crippen molar-refractivity contribution in [3.05, 3.63) is 24.0 Å². The highest BCUT2D eigenvalue weighted by atomic mass is 16.5. The molecule has 2 saturated heterocycles. The molecule has 1 spiro atoms. The Balaban J connectivity index is 1.72. The summed E-state index contributed by atoms with van der Waals surface area (Å²) in [6.07, 6.45) is 6.89. The summed E-state index contributed by atoms with van der Waals surface area (Å²) < 4.78 is 4.69. The van der Waals surface area contributed by atoms with E-state index in [-0.39, 0.29) is 5.97 Å². The Bertz CT molecular complexity index is 489. The normalized spacial score (nSPS) is 21.3. The van der Waals surface area contributed by atoms with Crippen LogP contribution in [0, 0.1) is 5.41 Å². The van der Waals surface area contributed by atoms with Gasteiger partial charge in [0.25, 0.3) is 0 Å². The van der Waals surface area contributed by atoms with Crippen LogP contribution in [-0.2, 0) is 4.74 Å². The molecule has 2 aliphatic heterocycles. The van der Waals surface area contributed by atoms with Gasteiger partial charge in [-0.3, -0.25) is 0 Å². The Morgan fingerprint density at radius 2 is 2.14 bits per heavy atom. The Hall–Kier alpha value is -1.62. The molecule has 0 aliphatic carbocycles. The number of hydrogen-bond donors (Lipinski definition) is 1. The predicted octanol–water partition coefficient (Wildman–Crippen LogP) is 1.84. The third kappa shape index (κ3) is 3.02. The van der Waals surface area contributed by atoms with Crippen LogP contribution < -0.4 is 10.2 Å². The third-order valence-electron chi connectivity index (χ3n) is 4.83. The number of aromatic nitrogens is 1. The van der Waals surface area contributed by atoms with E-state index in [1.54, 1.807) is 12.3 Å². The zero-order valence-corrected chi connectivity index (χ0v) is 12.6. The maximum atomic E-state index is 11.4. The van der Waals surface area contributed by atoms with E-state index in [2.05, 4.69) is 19.9 Å². The van der Waals surface area contributed by atoms with Crippen molar-refractivity contribution in [2.75, 3.05) is 38.2 Å². The number of methoxy groups -OCH3 is 1. The quantitative estimate of drug-likeness (QED) is 0.842. The van der Waals surface area contributed by atoms with Crippen LogP contribution in [0.3, 0.4) is 0 Å². The van der Waals surface area contributed by atoms with Gasteiger partial charge in [-0.15, -0.1) is 0 Å². The number of rotatable bonds is 2. The van der Waals surface area contributed by atoms with Crippen molar-refractivity contribution in [2.45, 2.75) is 25.7 Å². The van der Waals surface area contributed by atoms with Gasteiger partial charge in [-0.2, -0.15) is 0 Å². The highest BCUT2D eigenvalue weighted by molar-refractivity contribution is 5.87. The van der Waals surface area contributed by atoms with E-state index in [1.807, 2.05) is 6.07 Å². The lowest BCUT2D eigenvalue weighted by molar-refractivity contribution is 0.0594. The SMILES string of the molecule is COC(=O)c1ccc(N2CCCC3(CCNCC3)C2)cn1. The van der Waals surface area contributed by atoms with Crippen molar-refractivity contribution < 1.29 is 9.53 Å². The first-order chi connectivity index (χ1) is 10.2. The summed E-state index contributed by atoms with van der Waals surface area (Å²) in [6, 6.07) is 3.74. The first kappa shape index (κ1) is 14.3. The molecule has 1 aromatic rings. The average molecular weight is 289 g/mol. The zero-order valence-electron chi connectivity index (χ0n) is 12.6. The summed E-state index contributed by atoms with van der Waals surface area (Å²) in [7, 11) is 1.38. The number of nitrogens with zero attached hydrogens (tertiary/aromatic N) is 2. The fourth-order valence-electron chi connectivity index (χ4n) is 3.59. The molecule has 0 radical (unpaired) electrons. The van der Waals surface area contributed by atoms with E-state index in [0.29, 0.717) is 11.1 Å². The molecule has 0 bridgehead atoms. The van der Waals surface area contributed by atoms with Crippen LogP contribution in [-0.4, -0.2) is 44.2 Å². The van der Waals surface area contributed by atoms with E-state index in [1.165, 1.54) is 32.8 Å². The Labute approximate surface area is 125 Å². The van der Waals surface area contributed by atoms with Gasteiger partial charge < -0.3 is 15.0 Å². The fraction of sp³-hybridized carbons (Fsp3) is 0.625. The molecule has 21 heavy (non-hydrogen) atoms. The average Bonchev–Trinajstić information content (AvgIpc) is 2.55. The number of carbonyl (C=O) groups excluding carboxylic acids is 1. The Kier molecular flexibility index (Phi) is 4.10. The predicted molar refractivity (Wildman–Crippen MR) is 81.6 cm³/mol. The first-order valence-electron chi connectivity index (χ1n) is 7.73. The van der Waals surface area contributed by atoms with Crippen LogP contribution in [0.15, 0.2) is 18.3 Å². The molecule has 0 aromatic carbocycles. The number of carbonyl (C=O) groups is 1. The monoisotopic (exact) mass is 289 g/mol. The molecule has 1 aromatic heterocycles. The standard InChI is InChI=1S/C16H23N3O2/c1-21-15(20)14-4-3-13(11-18-14)19-10-2-5-16(12-19)6-8-17-9-7-16/h3-4,11,17H,2,5-10,12H2,1H3. The fourth-order valence-corrected chi connectivity index (χ4v) is 3.59. The van der Waals surface area contributed by atoms with Crippen LogP contribution in [0.2, 0.25) is 0 Å². The maximum Gasteiger partial charge on any atom is 0.356 e. The summed E-state index contributed by atoms with van der Waals surface area (Å²) in [5.74, 6) is -0.380. The van der Waals surface area contributed by atoms with Crippen molar-refractivity contribution >= 4 is 11.7 Å². The second kappa shape index (κ2) is 6.02. The lowest BCUT2D eigenvalue weighted by atomic mass is 9.73. The van der Waals surface area contributed by atoms with Gasteiger partial charge >= 0.3 is 5.97 Å². The van der Waals surface area contributed by atoms with Gasteiger partial charge in [0.2, 0.25) is 0 Å². The molecule has 0 unspecified atom stereocenters. The lowest BCUT2D eigenvalue weighted by Crippen LogP contribution is -2.48. The van der Waals surface area contributed by atoms with Gasteiger partial charge in [0.15, 0.2) is 0 Å². The summed E-state index contributed by atoms with van der Waals surface area (Å²) in [6.45, 7) is 4.45. The number of pyridine rings is 1. The largest absolute Gasteiger partial charge is 0.464 e. The maximum absolute atomic E-state index is 11.4. The molecule has 5 heteroatoms. The summed E-state index contributed by atoms with van der Waals surface area (Å²) in [5.41, 5.74) is 1.94. The molecule has 0 saturated carbocycles. The van der Waals surface area contributed by atoms with Gasteiger partial charge in [0, 0.05) is 13.1 Å². The molecular formula is C16H23N3O2. The molecule has 3 heterocycles. The molecule has 3 rings (SSSR count). The Morgan fingerprint density at radius 1 is 1.33 bits per heavy atom. The molecule has 5 nitrogen and oxygen atoms in total. The summed E-state index contributed by atoms with van der Waals surface area (Å²) >= 11 is 0. The van der Waals surface area contributed by atoms with Crippen molar-refractivity contribution in [2.24, 2.45) is 5.41 Å². The van der Waals surface area contributed by atoms with Gasteiger partial charge in [-0.05, 0) is 56.3 Å². The second-order valence-corrected chi connectivity index (χ2v) is 6.17. The molecule has 114 valence electrons. The Morgan fingerprint density at radius 3 is 2.81 bits per heavy atom. The van der Waals surface area contributed by atoms with Crippen LogP contribution in [0.25, 0.3) is 0 Å². The number of piperidine rings is 2. The third-order valence-corrected chi connectivity index (χ3v) is 4.83. The minimum Gasteiger partial charge on any atom is -0.464 e. The smallest absolute Gasteiger partial charge is 0.356 e. The summed E-state index contributed by atoms with van der Waals surface area (Å²) in [5, 5.41) is 3.46. The summed E-state index contributed by atoms with van der Waals surface area (Å²) in [4.78, 5) is 18.1. The van der Waals surface area contributed by atoms with Crippen molar-refractivity contribution in [1.82, 2.24) is 10.3 Å². The molecule has 2 fully saturated rings. The molecule has 0 amide bonds. The zero-order chi connectivity index (χ0) is 14.7. The van der Waals surface area contributed by atoms with Crippen LogP contribution in [0.1, 0.15) is 36.2 Å². The number of ether oxygens (including phenoxy) is 1. The second-order valence-electron chi connectivity index (χ2n) is 6.17.